The molecule has 0 amide bonds. The van der Waals surface area contributed by atoms with E-state index in [1.165, 1.54) is 16.3 Å². The molecule has 11 aromatic carbocycles. The predicted octanol–water partition coefficient (Wildman–Crippen LogP) is 18.9. The smallest absolute Gasteiger partial charge is 0.159 e. The minimum Gasteiger partial charge on any atom is -0.456 e. The number of hydrogen-bond donors (Lipinski definition) is 0. The van der Waals surface area contributed by atoms with E-state index in [0.717, 1.165) is 111 Å². The van der Waals surface area contributed by atoms with Crippen molar-refractivity contribution in [3.05, 3.63) is 261 Å². The number of para-hydroxylation sites is 5. The summed E-state index contributed by atoms with van der Waals surface area (Å²) in [6.45, 7) is 0. The van der Waals surface area contributed by atoms with Crippen LogP contribution in [-0.2, 0) is 0 Å². The SMILES string of the molecule is c1ccc(-c2ccc(N(c3cc(N(c4ccc(-c5ccccc5)cc4)c4cccc5c4oc4ccccc45)cc(-n4c5ccccc5c5ccccc54)c3)c3ccc4oc5ccccc5c4c3)cc2)cc1. The molecule has 0 aliphatic rings. The van der Waals surface area contributed by atoms with Gasteiger partial charge in [-0.15, -0.1) is 0 Å². The standard InChI is InChI=1S/C66H43N3O2/c1-3-16-44(17-4-1)46-30-34-48(35-31-46)67(50-38-39-65-59(43-50)57-23-10-13-28-63(57)70-65)51-40-52(42-53(41-51)69-60-25-11-7-20-54(60)55-21-8-12-26-61(55)69)68(49-36-32-47(33-37-49)45-18-5-2-6-19-45)62-27-15-24-58-56-22-9-14-29-64(56)71-66(58)62/h1-43H. The molecule has 0 radical (unpaired) electrons. The fourth-order valence-corrected chi connectivity index (χ4v) is 10.7. The summed E-state index contributed by atoms with van der Waals surface area (Å²) < 4.78 is 15.7. The van der Waals surface area contributed by atoms with Gasteiger partial charge in [-0.1, -0.05) is 170 Å². The van der Waals surface area contributed by atoms with Crippen molar-refractivity contribution < 1.29 is 8.83 Å². The second-order valence-electron chi connectivity index (χ2n) is 18.1. The minimum atomic E-state index is 0.815. The first-order chi connectivity index (χ1) is 35.2. The maximum atomic E-state index is 6.88. The van der Waals surface area contributed by atoms with Crippen LogP contribution in [0.1, 0.15) is 0 Å². The Hall–Kier alpha value is -9.58. The van der Waals surface area contributed by atoms with Crippen LogP contribution in [0.25, 0.3) is 93.6 Å². The van der Waals surface area contributed by atoms with Crippen molar-refractivity contribution in [2.24, 2.45) is 0 Å². The molecule has 0 aliphatic heterocycles. The van der Waals surface area contributed by atoms with E-state index in [9.17, 15) is 0 Å². The molecule has 14 rings (SSSR count). The Labute approximate surface area is 409 Å². The Bertz CT molecular complexity index is 4230. The van der Waals surface area contributed by atoms with Crippen LogP contribution in [0, 0.1) is 0 Å². The van der Waals surface area contributed by atoms with Crippen molar-refractivity contribution in [3.8, 4) is 27.9 Å². The van der Waals surface area contributed by atoms with E-state index in [1.54, 1.807) is 0 Å². The van der Waals surface area contributed by atoms with Crippen LogP contribution in [0.4, 0.5) is 34.1 Å². The Morgan fingerprint density at radius 2 is 0.718 bits per heavy atom. The molecule has 14 aromatic rings. The van der Waals surface area contributed by atoms with Crippen molar-refractivity contribution in [1.82, 2.24) is 4.57 Å². The lowest BCUT2D eigenvalue weighted by atomic mass is 10.0. The van der Waals surface area contributed by atoms with Crippen molar-refractivity contribution >= 4 is 99.8 Å². The Morgan fingerprint density at radius 1 is 0.268 bits per heavy atom. The quantitative estimate of drug-likeness (QED) is 0.145. The van der Waals surface area contributed by atoms with Gasteiger partial charge in [-0.25, -0.2) is 0 Å². The van der Waals surface area contributed by atoms with Crippen molar-refractivity contribution in [2.75, 3.05) is 9.80 Å². The van der Waals surface area contributed by atoms with Gasteiger partial charge in [-0.05, 0) is 113 Å². The Balaban J connectivity index is 1.07. The van der Waals surface area contributed by atoms with Crippen molar-refractivity contribution in [2.45, 2.75) is 0 Å². The van der Waals surface area contributed by atoms with Gasteiger partial charge in [0.05, 0.1) is 33.8 Å². The van der Waals surface area contributed by atoms with Gasteiger partial charge < -0.3 is 23.2 Å². The zero-order valence-corrected chi connectivity index (χ0v) is 38.5. The summed E-state index contributed by atoms with van der Waals surface area (Å²) in [4.78, 5) is 4.75. The highest BCUT2D eigenvalue weighted by atomic mass is 16.3. The van der Waals surface area contributed by atoms with Crippen LogP contribution in [0.3, 0.4) is 0 Å². The average Bonchev–Trinajstić information content (AvgIpc) is 4.12. The van der Waals surface area contributed by atoms with Crippen LogP contribution in [0.5, 0.6) is 0 Å². The highest BCUT2D eigenvalue weighted by Crippen LogP contribution is 2.47. The molecular formula is C66H43N3O2. The minimum absolute atomic E-state index is 0.815. The van der Waals surface area contributed by atoms with Crippen LogP contribution in [-0.4, -0.2) is 4.57 Å². The number of anilines is 6. The molecule has 0 saturated carbocycles. The molecule has 71 heavy (non-hydrogen) atoms. The number of hydrogen-bond acceptors (Lipinski definition) is 4. The molecule has 0 N–H and O–H groups in total. The average molecular weight is 910 g/mol. The fraction of sp³-hybridized carbons (Fsp3) is 0. The molecule has 0 unspecified atom stereocenters. The zero-order valence-electron chi connectivity index (χ0n) is 38.5. The molecule has 3 heterocycles. The van der Waals surface area contributed by atoms with E-state index in [2.05, 4.69) is 257 Å². The fourth-order valence-electron chi connectivity index (χ4n) is 10.7. The number of furan rings is 2. The largest absolute Gasteiger partial charge is 0.456 e. The molecule has 0 aliphatic carbocycles. The highest BCUT2D eigenvalue weighted by molar-refractivity contribution is 6.12. The maximum absolute atomic E-state index is 6.88. The van der Waals surface area contributed by atoms with Gasteiger partial charge in [0, 0.05) is 49.4 Å². The number of aromatic nitrogens is 1. The zero-order chi connectivity index (χ0) is 46.8. The molecule has 0 atom stereocenters. The molecule has 5 heteroatoms. The van der Waals surface area contributed by atoms with Crippen LogP contribution >= 0.6 is 0 Å². The molecule has 0 fully saturated rings. The predicted molar refractivity (Wildman–Crippen MR) is 296 cm³/mol. The second kappa shape index (κ2) is 16.6. The lowest BCUT2D eigenvalue weighted by Gasteiger charge is -2.30. The summed E-state index contributed by atoms with van der Waals surface area (Å²) in [6.07, 6.45) is 0. The molecule has 0 spiro atoms. The first kappa shape index (κ1) is 40.5. The maximum Gasteiger partial charge on any atom is 0.159 e. The summed E-state index contributed by atoms with van der Waals surface area (Å²) in [7, 11) is 0. The number of fused-ring (bicyclic) bond motifs is 9. The third kappa shape index (κ3) is 6.86. The Kier molecular flexibility index (Phi) is 9.46. The monoisotopic (exact) mass is 909 g/mol. The van der Waals surface area contributed by atoms with Gasteiger partial charge in [-0.2, -0.15) is 0 Å². The van der Waals surface area contributed by atoms with E-state index in [4.69, 9.17) is 8.83 Å². The van der Waals surface area contributed by atoms with Gasteiger partial charge in [0.2, 0.25) is 0 Å². The lowest BCUT2D eigenvalue weighted by Crippen LogP contribution is -2.14. The van der Waals surface area contributed by atoms with Gasteiger partial charge in [0.15, 0.2) is 5.58 Å². The van der Waals surface area contributed by atoms with Gasteiger partial charge in [-0.3, -0.25) is 0 Å². The highest BCUT2D eigenvalue weighted by Gasteiger charge is 2.25. The molecule has 3 aromatic heterocycles. The summed E-state index contributed by atoms with van der Waals surface area (Å²) in [6, 6.07) is 93.1. The molecule has 0 saturated heterocycles. The van der Waals surface area contributed by atoms with Gasteiger partial charge in [0.25, 0.3) is 0 Å². The van der Waals surface area contributed by atoms with E-state index in [-0.39, 0.29) is 0 Å². The lowest BCUT2D eigenvalue weighted by molar-refractivity contribution is 0.668. The van der Waals surface area contributed by atoms with E-state index >= 15 is 0 Å². The molecule has 5 nitrogen and oxygen atoms in total. The van der Waals surface area contributed by atoms with Crippen molar-refractivity contribution in [3.63, 3.8) is 0 Å². The first-order valence-corrected chi connectivity index (χ1v) is 24.1. The summed E-state index contributed by atoms with van der Waals surface area (Å²) >= 11 is 0. The Morgan fingerprint density at radius 3 is 1.34 bits per heavy atom. The normalized spacial score (nSPS) is 11.7. The summed E-state index contributed by atoms with van der Waals surface area (Å²) in [5.41, 5.74) is 17.1. The first-order valence-electron chi connectivity index (χ1n) is 24.1. The van der Waals surface area contributed by atoms with Crippen LogP contribution in [0.15, 0.2) is 270 Å². The summed E-state index contributed by atoms with van der Waals surface area (Å²) in [5, 5.41) is 6.66. The van der Waals surface area contributed by atoms with E-state index in [0.29, 0.717) is 0 Å². The van der Waals surface area contributed by atoms with Gasteiger partial charge >= 0.3 is 0 Å². The second-order valence-corrected chi connectivity index (χ2v) is 18.1. The molecule has 334 valence electrons. The number of benzene rings is 11. The number of nitrogens with zero attached hydrogens (tertiary/aromatic N) is 3. The van der Waals surface area contributed by atoms with E-state index < -0.39 is 0 Å². The summed E-state index contributed by atoms with van der Waals surface area (Å²) in [5.74, 6) is 0. The van der Waals surface area contributed by atoms with Gasteiger partial charge in [0.1, 0.15) is 16.7 Å². The molecular weight excluding hydrogens is 867 g/mol. The van der Waals surface area contributed by atoms with Crippen LogP contribution in [0.2, 0.25) is 0 Å². The third-order valence-corrected chi connectivity index (χ3v) is 14.0. The molecule has 0 bridgehead atoms. The van der Waals surface area contributed by atoms with Crippen molar-refractivity contribution in [1.29, 1.82) is 0 Å². The third-order valence-electron chi connectivity index (χ3n) is 14.0. The number of rotatable bonds is 9. The van der Waals surface area contributed by atoms with E-state index in [1.807, 2.05) is 18.2 Å². The van der Waals surface area contributed by atoms with Crippen LogP contribution < -0.4 is 9.80 Å². The topological polar surface area (TPSA) is 37.7 Å².